The molecule has 0 aliphatic heterocycles. The van der Waals surface area contributed by atoms with Crippen LogP contribution in [-0.2, 0) is 0 Å². The summed E-state index contributed by atoms with van der Waals surface area (Å²) in [6.07, 6.45) is -13.9. The fraction of sp³-hybridized carbons (Fsp3) is 1.00. The van der Waals surface area contributed by atoms with Gasteiger partial charge in [0.05, 0.1) is 18.5 Å². The largest absolute Gasteiger partial charge is 0.402 e. The fourth-order valence-corrected chi connectivity index (χ4v) is 4.31. The number of hydrogen-bond donors (Lipinski definition) is 0. The molecule has 0 aromatic carbocycles. The predicted octanol–water partition coefficient (Wildman–Crippen LogP) is 29.6. The Labute approximate surface area is 513 Å². The standard InChI is InChI=1S/C6H8F6.2C6H11F3.2C6H12F2.2C6H13F.4C6H14/c1-3-4(2,5(7,8)9)6(10,11)12;2*1-3-4-5(2)6(7,8)9;1-4-6(7,8)5(2)3;1-3-4-5(2)6(7)8;1-4-5-6(2,3)7;1-3-4-6(2)5-7;3*1-5-6(2,3)4;1-4-5-6(2)3/h3H2,1-2H3;2*5H,3-4H2,1-2H3;5H,4H2,1-3H3;5-6H,3-4H2,1-2H3;4-5H2,1-3H3;6H,3-5H2,1-2H3;3*5H2,1-4H3;6H,4-5H2,1-3H3/i;3D2;;;;;;5D2;;;. The third-order valence-corrected chi connectivity index (χ3v) is 12.4. The SMILES string of the molecule is CCC(C)(C(F)(F)F)C(F)(F)F.CCC(C)(C)C.CCC(C)(C)C.CCC(F)(F)C(C)C.CCCC(C)(C)F.CCCC(C)C.CCCC(C)C(F)(F)F.CCCC(C)C(F)F.CCCC(C)CF.[2H]C([2H])(C)C(C)(C)C.[2H]C([2H])(C)CC(C)C(F)(F)F. The molecule has 0 aliphatic rings. The molecule has 0 aromatic rings. The number of halogens is 18. The van der Waals surface area contributed by atoms with Crippen LogP contribution in [-0.4, -0.2) is 49.4 Å². The lowest BCUT2D eigenvalue weighted by molar-refractivity contribution is -0.335. The molecule has 0 saturated heterocycles. The van der Waals surface area contributed by atoms with E-state index in [9.17, 15) is 79.0 Å². The lowest BCUT2D eigenvalue weighted by Crippen LogP contribution is -2.47. The van der Waals surface area contributed by atoms with Crippen LogP contribution in [0.1, 0.15) is 329 Å². The van der Waals surface area contributed by atoms with Gasteiger partial charge >= 0.3 is 24.7 Å². The van der Waals surface area contributed by atoms with Crippen molar-refractivity contribution in [3.05, 3.63) is 0 Å². The van der Waals surface area contributed by atoms with Crippen LogP contribution >= 0.6 is 0 Å². The topological polar surface area (TPSA) is 0 Å². The quantitative estimate of drug-likeness (QED) is 0.127. The van der Waals surface area contributed by atoms with Crippen molar-refractivity contribution in [3.63, 3.8) is 0 Å². The van der Waals surface area contributed by atoms with Gasteiger partial charge in [-0.15, -0.1) is 0 Å². The van der Waals surface area contributed by atoms with Crippen LogP contribution in [0.2, 0.25) is 0 Å². The molecule has 0 aromatic heterocycles. The van der Waals surface area contributed by atoms with E-state index in [1.165, 1.54) is 53.4 Å². The molecule has 0 amide bonds. The Kier molecular flexibility index (Phi) is 64.0. The van der Waals surface area contributed by atoms with Gasteiger partial charge in [-0.2, -0.15) is 52.7 Å². The average Bonchev–Trinajstić information content (AvgIpc) is 3.30. The minimum atomic E-state index is -5.24. The van der Waals surface area contributed by atoms with E-state index in [0.717, 1.165) is 52.4 Å². The van der Waals surface area contributed by atoms with Crippen LogP contribution in [0.15, 0.2) is 0 Å². The van der Waals surface area contributed by atoms with Crippen molar-refractivity contribution in [3.8, 4) is 0 Å². The van der Waals surface area contributed by atoms with Gasteiger partial charge in [-0.25, -0.2) is 22.0 Å². The van der Waals surface area contributed by atoms with Gasteiger partial charge in [-0.05, 0) is 87.4 Å². The maximum Gasteiger partial charge on any atom is 0.402 e. The third-order valence-electron chi connectivity index (χ3n) is 12.4. The molecule has 0 N–H and O–H groups in total. The molecule has 0 rings (SSSR count). The van der Waals surface area contributed by atoms with Crippen molar-refractivity contribution >= 4 is 0 Å². The Morgan fingerprint density at radius 3 is 0.726 bits per heavy atom. The number of rotatable bonds is 17. The van der Waals surface area contributed by atoms with Crippen molar-refractivity contribution in [2.75, 3.05) is 6.67 Å². The zero-order valence-electron chi connectivity index (χ0n) is 63.2. The van der Waals surface area contributed by atoms with Gasteiger partial charge in [0.15, 0.2) is 5.41 Å². The van der Waals surface area contributed by atoms with Gasteiger partial charge in [0.1, 0.15) is 5.67 Å². The summed E-state index contributed by atoms with van der Waals surface area (Å²) >= 11 is 0. The highest BCUT2D eigenvalue weighted by molar-refractivity contribution is 4.87. The Bertz CT molecular complexity index is 1410. The Morgan fingerprint density at radius 2 is 0.679 bits per heavy atom. The summed E-state index contributed by atoms with van der Waals surface area (Å²) in [5.41, 5.74) is -3.68. The summed E-state index contributed by atoms with van der Waals surface area (Å²) in [6, 6.07) is 0. The highest BCUT2D eigenvalue weighted by atomic mass is 19.4. The summed E-state index contributed by atoms with van der Waals surface area (Å²) in [5, 5.41) is 0. The second-order valence-corrected chi connectivity index (χ2v) is 26.3. The van der Waals surface area contributed by atoms with Gasteiger partial charge in [-0.1, -0.05) is 258 Å². The molecule has 0 saturated carbocycles. The van der Waals surface area contributed by atoms with Crippen LogP contribution in [0.3, 0.4) is 0 Å². The summed E-state index contributed by atoms with van der Waals surface area (Å²) in [5.74, 6) is -4.92. The zero-order valence-corrected chi connectivity index (χ0v) is 59.2. The average molecular weight is 1280 g/mol. The molecule has 4 atom stereocenters. The number of alkyl halides is 18. The molecule has 4 unspecified atom stereocenters. The Balaban J connectivity index is -0.0000000829. The lowest BCUT2D eigenvalue weighted by Gasteiger charge is -2.32. The monoisotopic (exact) mass is 1280 g/mol. The molecular weight excluding hydrogens is 1130 g/mol. The van der Waals surface area contributed by atoms with E-state index in [-0.39, 0.29) is 37.8 Å². The molecule has 0 nitrogen and oxygen atoms in total. The van der Waals surface area contributed by atoms with E-state index in [4.69, 9.17) is 5.48 Å². The molecule has 0 heterocycles. The molecule has 0 spiro atoms. The van der Waals surface area contributed by atoms with Crippen molar-refractivity contribution in [2.45, 2.75) is 366 Å². The van der Waals surface area contributed by atoms with Crippen molar-refractivity contribution in [1.29, 1.82) is 0 Å². The first-order valence-electron chi connectivity index (χ1n) is 32.5. The second kappa shape index (κ2) is 55.8. The van der Waals surface area contributed by atoms with Gasteiger partial charge in [0.25, 0.3) is 0 Å². The Morgan fingerprint density at radius 1 is 0.381 bits per heavy atom. The van der Waals surface area contributed by atoms with Gasteiger partial charge in [0.2, 0.25) is 12.3 Å². The lowest BCUT2D eigenvalue weighted by atomic mass is 9.86. The summed E-state index contributed by atoms with van der Waals surface area (Å²) in [4.78, 5) is 0. The molecular formula is C66H136F18. The Hall–Kier alpha value is -1.26. The minimum absolute atomic E-state index is 0.0509. The molecule has 0 fully saturated rings. The number of hydrogen-bond acceptors (Lipinski definition) is 0. The van der Waals surface area contributed by atoms with Gasteiger partial charge in [0, 0.05) is 23.7 Å². The summed E-state index contributed by atoms with van der Waals surface area (Å²) < 4.78 is 242. The van der Waals surface area contributed by atoms with Gasteiger partial charge < -0.3 is 0 Å². The van der Waals surface area contributed by atoms with Crippen LogP contribution < -0.4 is 0 Å². The van der Waals surface area contributed by atoms with E-state index >= 15 is 0 Å². The zero-order chi connectivity index (χ0) is 74.4. The van der Waals surface area contributed by atoms with Gasteiger partial charge in [-0.3, -0.25) is 4.39 Å². The van der Waals surface area contributed by atoms with E-state index in [2.05, 4.69) is 83.1 Å². The molecule has 0 radical (unpaired) electrons. The molecule has 18 heteroatoms. The van der Waals surface area contributed by atoms with E-state index in [0.29, 0.717) is 30.1 Å². The first-order chi connectivity index (χ1) is 38.4. The molecule has 0 aliphatic carbocycles. The van der Waals surface area contributed by atoms with Crippen molar-refractivity contribution < 1.29 is 84.5 Å². The van der Waals surface area contributed by atoms with E-state index in [1.54, 1.807) is 34.6 Å². The normalized spacial score (nSPS) is 14.6. The summed E-state index contributed by atoms with van der Waals surface area (Å²) in [7, 11) is 0. The van der Waals surface area contributed by atoms with E-state index in [1.807, 2.05) is 41.5 Å². The van der Waals surface area contributed by atoms with Crippen molar-refractivity contribution in [1.82, 2.24) is 0 Å². The van der Waals surface area contributed by atoms with E-state index < -0.39 is 97.4 Å². The third kappa shape index (κ3) is 91.9. The predicted molar refractivity (Wildman–Crippen MR) is 330 cm³/mol. The molecule has 84 heavy (non-hydrogen) atoms. The maximum atomic E-state index is 12.4. The molecule has 526 valence electrons. The maximum absolute atomic E-state index is 12.4. The highest BCUT2D eigenvalue weighted by Gasteiger charge is 2.66. The first kappa shape index (κ1) is 96.4. The van der Waals surface area contributed by atoms with Crippen molar-refractivity contribution in [2.24, 2.45) is 57.2 Å². The first-order valence-corrected chi connectivity index (χ1v) is 30.5. The fourth-order valence-electron chi connectivity index (χ4n) is 4.31. The second-order valence-electron chi connectivity index (χ2n) is 26.3. The highest BCUT2D eigenvalue weighted by Crippen LogP contribution is 2.52. The summed E-state index contributed by atoms with van der Waals surface area (Å²) in [6.45, 7) is 55.1. The van der Waals surface area contributed by atoms with Crippen LogP contribution in [0.25, 0.3) is 0 Å². The van der Waals surface area contributed by atoms with Crippen LogP contribution in [0.5, 0.6) is 0 Å². The van der Waals surface area contributed by atoms with Crippen LogP contribution in [0, 0.1) is 57.2 Å². The molecule has 0 bridgehead atoms. The smallest absolute Gasteiger partial charge is 0.251 e. The minimum Gasteiger partial charge on any atom is -0.251 e. The van der Waals surface area contributed by atoms with Crippen LogP contribution in [0.4, 0.5) is 79.0 Å².